The van der Waals surface area contributed by atoms with Crippen LogP contribution in [0.2, 0.25) is 0 Å². The van der Waals surface area contributed by atoms with Gasteiger partial charge in [0.15, 0.2) is 5.78 Å². The predicted molar refractivity (Wildman–Crippen MR) is 88.8 cm³/mol. The summed E-state index contributed by atoms with van der Waals surface area (Å²) in [7, 11) is 0. The summed E-state index contributed by atoms with van der Waals surface area (Å²) >= 11 is 0. The van der Waals surface area contributed by atoms with Crippen molar-refractivity contribution >= 4 is 22.8 Å². The minimum absolute atomic E-state index is 0.120. The highest BCUT2D eigenvalue weighted by Gasteiger charge is 2.26. The zero-order chi connectivity index (χ0) is 14.9. The number of hydrogen-bond donors (Lipinski definition) is 1. The lowest BCUT2D eigenvalue weighted by atomic mass is 9.93. The van der Waals surface area contributed by atoms with Crippen molar-refractivity contribution in [1.29, 1.82) is 0 Å². The Kier molecular flexibility index (Phi) is 3.35. The number of ketones is 1. The number of Topliss-reactive ketones (excluding diaryl/α,β-unsaturated/α-hetero) is 1. The number of pyridine rings is 1. The van der Waals surface area contributed by atoms with E-state index in [1.54, 1.807) is 0 Å². The Balaban J connectivity index is 1.66. The molecule has 2 aliphatic rings. The number of para-hydroxylation sites is 1. The van der Waals surface area contributed by atoms with E-state index >= 15 is 0 Å². The summed E-state index contributed by atoms with van der Waals surface area (Å²) in [5.74, 6) is 0.120. The van der Waals surface area contributed by atoms with Gasteiger partial charge in [0, 0.05) is 17.0 Å². The summed E-state index contributed by atoms with van der Waals surface area (Å²) in [5.41, 5.74) is 2.43. The van der Waals surface area contributed by atoms with Crippen LogP contribution in [0.1, 0.15) is 35.3 Å². The number of benzene rings is 1. The lowest BCUT2D eigenvalue weighted by Gasteiger charge is -2.25. The van der Waals surface area contributed by atoms with E-state index in [1.807, 2.05) is 42.5 Å². The Morgan fingerprint density at radius 1 is 1.18 bits per heavy atom. The number of carbonyl (C=O) groups excluding carboxylic acids is 1. The van der Waals surface area contributed by atoms with Gasteiger partial charge in [-0.1, -0.05) is 36.4 Å². The van der Waals surface area contributed by atoms with E-state index in [-0.39, 0.29) is 11.8 Å². The quantitative estimate of drug-likeness (QED) is 0.861. The van der Waals surface area contributed by atoms with E-state index in [9.17, 15) is 4.79 Å². The molecule has 1 aromatic heterocycles. The van der Waals surface area contributed by atoms with Crippen molar-refractivity contribution in [1.82, 2.24) is 10.3 Å². The molecule has 2 aliphatic carbocycles. The van der Waals surface area contributed by atoms with Gasteiger partial charge in [-0.2, -0.15) is 0 Å². The summed E-state index contributed by atoms with van der Waals surface area (Å²) in [6, 6.07) is 9.93. The van der Waals surface area contributed by atoms with Crippen LogP contribution in [-0.4, -0.2) is 22.9 Å². The molecule has 2 atom stereocenters. The molecule has 0 radical (unpaired) electrons. The first-order valence-electron chi connectivity index (χ1n) is 7.86. The number of hydrogen-bond acceptors (Lipinski definition) is 3. The van der Waals surface area contributed by atoms with Gasteiger partial charge in [0.2, 0.25) is 0 Å². The van der Waals surface area contributed by atoms with Crippen LogP contribution in [0.15, 0.2) is 48.6 Å². The average molecular weight is 290 g/mol. The minimum atomic E-state index is -0.247. The molecular weight excluding hydrogens is 272 g/mol. The summed E-state index contributed by atoms with van der Waals surface area (Å²) in [6.45, 7) is 0. The van der Waals surface area contributed by atoms with Crippen molar-refractivity contribution in [2.24, 2.45) is 0 Å². The maximum Gasteiger partial charge on any atom is 0.185 e. The summed E-state index contributed by atoms with van der Waals surface area (Å²) < 4.78 is 0. The molecule has 2 aromatic rings. The van der Waals surface area contributed by atoms with Crippen molar-refractivity contribution in [3.8, 4) is 0 Å². The summed E-state index contributed by atoms with van der Waals surface area (Å²) in [5, 5.41) is 4.46. The number of nitrogens with one attached hydrogen (secondary N) is 1. The molecule has 0 saturated carbocycles. The van der Waals surface area contributed by atoms with Crippen LogP contribution < -0.4 is 5.32 Å². The standard InChI is InChI=1S/C19H18N2O/c22-19-15-12-13-6-4-5-9-16(13)21-17(15)10-11-18(19)20-14-7-2-1-3-8-14/h2,4-7,9-12,14,18,20H,1,3,8H2. The zero-order valence-corrected chi connectivity index (χ0v) is 12.3. The third kappa shape index (κ3) is 2.38. The van der Waals surface area contributed by atoms with Crippen LogP contribution in [0.3, 0.4) is 0 Å². The fourth-order valence-electron chi connectivity index (χ4n) is 3.21. The first-order valence-corrected chi connectivity index (χ1v) is 7.86. The van der Waals surface area contributed by atoms with Gasteiger partial charge in [0.05, 0.1) is 17.3 Å². The van der Waals surface area contributed by atoms with Gasteiger partial charge in [-0.05, 0) is 37.5 Å². The maximum atomic E-state index is 12.8. The number of fused-ring (bicyclic) bond motifs is 2. The van der Waals surface area contributed by atoms with E-state index < -0.39 is 0 Å². The lowest BCUT2D eigenvalue weighted by molar-refractivity contribution is 0.0957. The van der Waals surface area contributed by atoms with Crippen LogP contribution in [0.4, 0.5) is 0 Å². The van der Waals surface area contributed by atoms with Crippen molar-refractivity contribution in [3.63, 3.8) is 0 Å². The Morgan fingerprint density at radius 2 is 2.09 bits per heavy atom. The van der Waals surface area contributed by atoms with Gasteiger partial charge in [0.25, 0.3) is 0 Å². The third-order valence-electron chi connectivity index (χ3n) is 4.40. The number of nitrogens with zero attached hydrogens (tertiary/aromatic N) is 1. The van der Waals surface area contributed by atoms with E-state index in [0.29, 0.717) is 6.04 Å². The van der Waals surface area contributed by atoms with Crippen molar-refractivity contribution < 1.29 is 4.79 Å². The molecule has 4 rings (SSSR count). The van der Waals surface area contributed by atoms with Gasteiger partial charge in [-0.15, -0.1) is 0 Å². The molecule has 0 spiro atoms. The fraction of sp³-hybridized carbons (Fsp3) is 0.263. The zero-order valence-electron chi connectivity index (χ0n) is 12.3. The van der Waals surface area contributed by atoms with Crippen molar-refractivity contribution in [3.05, 3.63) is 59.8 Å². The smallest absolute Gasteiger partial charge is 0.185 e. The fourth-order valence-corrected chi connectivity index (χ4v) is 3.21. The van der Waals surface area contributed by atoms with Crippen molar-refractivity contribution in [2.45, 2.75) is 31.3 Å². The highest BCUT2D eigenvalue weighted by molar-refractivity contribution is 6.08. The Labute approximate surface area is 129 Å². The van der Waals surface area contributed by atoms with Crippen LogP contribution in [0.25, 0.3) is 17.0 Å². The second-order valence-electron chi connectivity index (χ2n) is 5.95. The molecule has 110 valence electrons. The van der Waals surface area contributed by atoms with Crippen molar-refractivity contribution in [2.75, 3.05) is 0 Å². The first kappa shape index (κ1) is 13.4. The number of allylic oxidation sites excluding steroid dienone is 1. The molecule has 2 unspecified atom stereocenters. The molecule has 0 fully saturated rings. The van der Waals surface area contributed by atoms with Gasteiger partial charge in [-0.25, -0.2) is 4.98 Å². The van der Waals surface area contributed by atoms with Crippen LogP contribution in [0, 0.1) is 0 Å². The average Bonchev–Trinajstić information content (AvgIpc) is 2.57. The predicted octanol–water partition coefficient (Wildman–Crippen LogP) is 3.51. The van der Waals surface area contributed by atoms with Crippen LogP contribution in [-0.2, 0) is 0 Å². The molecular formula is C19H18N2O. The number of aromatic nitrogens is 1. The van der Waals surface area contributed by atoms with Gasteiger partial charge >= 0.3 is 0 Å². The molecule has 1 aromatic carbocycles. The second-order valence-corrected chi connectivity index (χ2v) is 5.95. The molecule has 1 heterocycles. The molecule has 3 nitrogen and oxygen atoms in total. The largest absolute Gasteiger partial charge is 0.298 e. The normalized spacial score (nSPS) is 23.7. The molecule has 1 N–H and O–H groups in total. The van der Waals surface area contributed by atoms with Gasteiger partial charge in [0.1, 0.15) is 0 Å². The minimum Gasteiger partial charge on any atom is -0.298 e. The van der Waals surface area contributed by atoms with E-state index in [0.717, 1.165) is 35.0 Å². The number of rotatable bonds is 2. The molecule has 0 bridgehead atoms. The monoisotopic (exact) mass is 290 g/mol. The van der Waals surface area contributed by atoms with Gasteiger partial charge < -0.3 is 0 Å². The highest BCUT2D eigenvalue weighted by Crippen LogP contribution is 2.23. The Morgan fingerprint density at radius 3 is 2.95 bits per heavy atom. The maximum absolute atomic E-state index is 12.8. The molecule has 0 aliphatic heterocycles. The molecule has 3 heteroatoms. The van der Waals surface area contributed by atoms with Gasteiger partial charge in [-0.3, -0.25) is 10.1 Å². The SMILES string of the molecule is O=C1c2cc3ccccc3nc2C=CC1NC1C=CCCC1. The topological polar surface area (TPSA) is 42.0 Å². The van der Waals surface area contributed by atoms with E-state index in [1.165, 1.54) is 6.42 Å². The first-order chi connectivity index (χ1) is 10.8. The summed E-state index contributed by atoms with van der Waals surface area (Å²) in [6.07, 6.45) is 11.7. The molecule has 22 heavy (non-hydrogen) atoms. The molecule has 0 saturated heterocycles. The molecule has 0 amide bonds. The third-order valence-corrected chi connectivity index (χ3v) is 4.40. The van der Waals surface area contributed by atoms with Crippen LogP contribution in [0.5, 0.6) is 0 Å². The van der Waals surface area contributed by atoms with E-state index in [4.69, 9.17) is 0 Å². The Hall–Kier alpha value is -2.26. The van der Waals surface area contributed by atoms with Crippen LogP contribution >= 0.6 is 0 Å². The lowest BCUT2D eigenvalue weighted by Crippen LogP contribution is -2.43. The number of carbonyl (C=O) groups is 1. The highest BCUT2D eigenvalue weighted by atomic mass is 16.1. The van der Waals surface area contributed by atoms with E-state index in [2.05, 4.69) is 22.5 Å². The summed E-state index contributed by atoms with van der Waals surface area (Å²) in [4.78, 5) is 17.4. The Bertz CT molecular complexity index is 791. The second kappa shape index (κ2) is 5.50.